The fourth-order valence-corrected chi connectivity index (χ4v) is 1.15. The molecule has 0 aromatic heterocycles. The van der Waals surface area contributed by atoms with Gasteiger partial charge in [-0.25, -0.2) is 0 Å². The van der Waals surface area contributed by atoms with Gasteiger partial charge in [0.2, 0.25) is 0 Å². The predicted molar refractivity (Wildman–Crippen MR) is 57.1 cm³/mol. The van der Waals surface area contributed by atoms with Gasteiger partial charge in [0.15, 0.2) is 0 Å². The Bertz CT molecular complexity index is 140. The predicted octanol–water partition coefficient (Wildman–Crippen LogP) is 4.05. The Morgan fingerprint density at radius 3 is 2.08 bits per heavy atom. The lowest BCUT2D eigenvalue weighted by atomic mass is 9.92. The molecule has 0 heteroatoms. The van der Waals surface area contributed by atoms with E-state index in [0.717, 1.165) is 6.42 Å². The standard InChI is InChI=1S/C12H22/c1-6-12(11(4)5)9-7-8-10(2)3/h6-8,10-12H,1,9H2,2-5H3/b8-7+. The minimum Gasteiger partial charge on any atom is -0.103 e. The van der Waals surface area contributed by atoms with Crippen molar-refractivity contribution in [2.45, 2.75) is 34.1 Å². The molecule has 0 saturated heterocycles. The van der Waals surface area contributed by atoms with Gasteiger partial charge in [0.05, 0.1) is 0 Å². The van der Waals surface area contributed by atoms with Gasteiger partial charge in [-0.15, -0.1) is 6.58 Å². The molecule has 0 amide bonds. The zero-order chi connectivity index (χ0) is 9.56. The van der Waals surface area contributed by atoms with Crippen LogP contribution in [0.15, 0.2) is 24.8 Å². The van der Waals surface area contributed by atoms with Gasteiger partial charge in [-0.3, -0.25) is 0 Å². The lowest BCUT2D eigenvalue weighted by molar-refractivity contribution is 0.470. The van der Waals surface area contributed by atoms with Crippen molar-refractivity contribution in [2.24, 2.45) is 17.8 Å². The van der Waals surface area contributed by atoms with Gasteiger partial charge in [0, 0.05) is 0 Å². The van der Waals surface area contributed by atoms with E-state index in [2.05, 4.69) is 52.5 Å². The highest BCUT2D eigenvalue weighted by atomic mass is 14.1. The summed E-state index contributed by atoms with van der Waals surface area (Å²) in [7, 11) is 0. The van der Waals surface area contributed by atoms with Gasteiger partial charge in [0.25, 0.3) is 0 Å². The number of hydrogen-bond acceptors (Lipinski definition) is 0. The van der Waals surface area contributed by atoms with Crippen LogP contribution in [0.1, 0.15) is 34.1 Å². The molecule has 0 heterocycles. The first-order valence-electron chi connectivity index (χ1n) is 4.87. The first-order valence-corrected chi connectivity index (χ1v) is 4.87. The van der Waals surface area contributed by atoms with Crippen molar-refractivity contribution >= 4 is 0 Å². The minimum atomic E-state index is 0.639. The fraction of sp³-hybridized carbons (Fsp3) is 0.667. The molecule has 0 aliphatic rings. The lowest BCUT2D eigenvalue weighted by Gasteiger charge is -2.13. The molecule has 0 rings (SSSR count). The second kappa shape index (κ2) is 6.05. The van der Waals surface area contributed by atoms with Gasteiger partial charge < -0.3 is 0 Å². The van der Waals surface area contributed by atoms with E-state index in [-0.39, 0.29) is 0 Å². The van der Waals surface area contributed by atoms with E-state index < -0.39 is 0 Å². The van der Waals surface area contributed by atoms with Crippen LogP contribution in [0, 0.1) is 17.8 Å². The number of allylic oxidation sites excluding steroid dienone is 3. The maximum atomic E-state index is 3.85. The number of hydrogen-bond donors (Lipinski definition) is 0. The summed E-state index contributed by atoms with van der Waals surface area (Å²) in [6, 6.07) is 0. The Morgan fingerprint density at radius 1 is 1.17 bits per heavy atom. The third-order valence-electron chi connectivity index (χ3n) is 2.09. The molecule has 12 heavy (non-hydrogen) atoms. The molecule has 0 nitrogen and oxygen atoms in total. The third kappa shape index (κ3) is 5.17. The topological polar surface area (TPSA) is 0 Å². The van der Waals surface area contributed by atoms with Crippen LogP contribution in [-0.2, 0) is 0 Å². The molecule has 0 aromatic carbocycles. The first-order chi connectivity index (χ1) is 5.57. The number of rotatable bonds is 5. The second-order valence-corrected chi connectivity index (χ2v) is 4.05. The van der Waals surface area contributed by atoms with E-state index in [0.29, 0.717) is 17.8 Å². The van der Waals surface area contributed by atoms with Crippen molar-refractivity contribution in [2.75, 3.05) is 0 Å². The van der Waals surface area contributed by atoms with Crippen LogP contribution in [0.5, 0.6) is 0 Å². The summed E-state index contributed by atoms with van der Waals surface area (Å²) >= 11 is 0. The van der Waals surface area contributed by atoms with Gasteiger partial charge in [-0.2, -0.15) is 0 Å². The van der Waals surface area contributed by atoms with Crippen molar-refractivity contribution in [3.05, 3.63) is 24.8 Å². The van der Waals surface area contributed by atoms with E-state index in [1.807, 2.05) is 0 Å². The summed E-state index contributed by atoms with van der Waals surface area (Å²) in [4.78, 5) is 0. The average Bonchev–Trinajstić information content (AvgIpc) is 1.96. The first kappa shape index (κ1) is 11.5. The zero-order valence-electron chi connectivity index (χ0n) is 8.88. The molecule has 0 aliphatic carbocycles. The maximum absolute atomic E-state index is 3.85. The molecule has 0 saturated carbocycles. The molecule has 0 fully saturated rings. The maximum Gasteiger partial charge on any atom is -0.0178 e. The highest BCUT2D eigenvalue weighted by molar-refractivity contribution is 4.92. The summed E-state index contributed by atoms with van der Waals surface area (Å²) in [5, 5.41) is 0. The lowest BCUT2D eigenvalue weighted by Crippen LogP contribution is -2.03. The second-order valence-electron chi connectivity index (χ2n) is 4.05. The van der Waals surface area contributed by atoms with Crippen LogP contribution < -0.4 is 0 Å². The largest absolute Gasteiger partial charge is 0.103 e. The van der Waals surface area contributed by atoms with Crippen molar-refractivity contribution < 1.29 is 0 Å². The third-order valence-corrected chi connectivity index (χ3v) is 2.09. The summed E-state index contributed by atoms with van der Waals surface area (Å²) in [5.74, 6) is 2.02. The van der Waals surface area contributed by atoms with Gasteiger partial charge in [0.1, 0.15) is 0 Å². The van der Waals surface area contributed by atoms with E-state index in [1.54, 1.807) is 0 Å². The summed E-state index contributed by atoms with van der Waals surface area (Å²) in [5.41, 5.74) is 0. The van der Waals surface area contributed by atoms with E-state index >= 15 is 0 Å². The van der Waals surface area contributed by atoms with Crippen molar-refractivity contribution in [3.8, 4) is 0 Å². The molecule has 0 spiro atoms. The van der Waals surface area contributed by atoms with Crippen LogP contribution >= 0.6 is 0 Å². The van der Waals surface area contributed by atoms with Gasteiger partial charge in [-0.05, 0) is 24.2 Å². The van der Waals surface area contributed by atoms with Crippen LogP contribution in [0.4, 0.5) is 0 Å². The molecular weight excluding hydrogens is 144 g/mol. The van der Waals surface area contributed by atoms with Gasteiger partial charge >= 0.3 is 0 Å². The van der Waals surface area contributed by atoms with Crippen LogP contribution in [0.25, 0.3) is 0 Å². The molecule has 0 aliphatic heterocycles. The van der Waals surface area contributed by atoms with Crippen LogP contribution in [-0.4, -0.2) is 0 Å². The van der Waals surface area contributed by atoms with Gasteiger partial charge in [-0.1, -0.05) is 45.9 Å². The van der Waals surface area contributed by atoms with Crippen molar-refractivity contribution in [1.29, 1.82) is 0 Å². The van der Waals surface area contributed by atoms with E-state index in [9.17, 15) is 0 Å². The average molecular weight is 166 g/mol. The summed E-state index contributed by atoms with van der Waals surface area (Å²) in [6.45, 7) is 12.7. The van der Waals surface area contributed by atoms with E-state index in [1.165, 1.54) is 0 Å². The van der Waals surface area contributed by atoms with Crippen molar-refractivity contribution in [1.82, 2.24) is 0 Å². The van der Waals surface area contributed by atoms with Crippen LogP contribution in [0.2, 0.25) is 0 Å². The highest BCUT2D eigenvalue weighted by Crippen LogP contribution is 2.16. The molecule has 0 bridgehead atoms. The molecule has 1 unspecified atom stereocenters. The Morgan fingerprint density at radius 2 is 1.75 bits per heavy atom. The normalized spacial score (nSPS) is 14.5. The minimum absolute atomic E-state index is 0.639. The quantitative estimate of drug-likeness (QED) is 0.541. The molecular formula is C12H22. The Hall–Kier alpha value is -0.520. The monoisotopic (exact) mass is 166 g/mol. The Labute approximate surface area is 77.4 Å². The summed E-state index contributed by atoms with van der Waals surface area (Å²) in [6.07, 6.45) is 7.74. The smallest absolute Gasteiger partial charge is 0.0178 e. The molecule has 0 aromatic rings. The summed E-state index contributed by atoms with van der Waals surface area (Å²) < 4.78 is 0. The molecule has 0 N–H and O–H groups in total. The van der Waals surface area contributed by atoms with Crippen molar-refractivity contribution in [3.63, 3.8) is 0 Å². The Balaban J connectivity index is 3.80. The zero-order valence-corrected chi connectivity index (χ0v) is 8.88. The molecule has 1 atom stereocenters. The highest BCUT2D eigenvalue weighted by Gasteiger charge is 2.05. The SMILES string of the molecule is C=CC(C/C=C/C(C)C)C(C)C. The molecule has 70 valence electrons. The van der Waals surface area contributed by atoms with E-state index in [4.69, 9.17) is 0 Å². The van der Waals surface area contributed by atoms with Crippen LogP contribution in [0.3, 0.4) is 0 Å². The fourth-order valence-electron chi connectivity index (χ4n) is 1.15. The molecule has 0 radical (unpaired) electrons. The Kier molecular flexibility index (Phi) is 5.79.